The van der Waals surface area contributed by atoms with Gasteiger partial charge in [-0.15, -0.1) is 0 Å². The molecule has 0 aliphatic rings. The minimum atomic E-state index is -1.17. The third kappa shape index (κ3) is 8.42. The van der Waals surface area contributed by atoms with Gasteiger partial charge in [0.15, 0.2) is 0 Å². The fourth-order valence-electron chi connectivity index (χ4n) is 1.93. The first-order valence-electron chi connectivity index (χ1n) is 8.13. The average molecular weight is 373 g/mol. The summed E-state index contributed by atoms with van der Waals surface area (Å²) >= 11 is 0. The van der Waals surface area contributed by atoms with E-state index in [0.29, 0.717) is 6.42 Å². The molecule has 0 radical (unpaired) electrons. The lowest BCUT2D eigenvalue weighted by atomic mass is 9.99. The molecule has 0 spiro atoms. The van der Waals surface area contributed by atoms with Crippen molar-refractivity contribution in [2.24, 2.45) is 17.4 Å². The minimum absolute atomic E-state index is 0.287. The number of hydrogen-bond donors (Lipinski definition) is 6. The van der Waals surface area contributed by atoms with Crippen LogP contribution >= 0.6 is 0 Å². The number of carbonyl (C=O) groups is 5. The fourth-order valence-corrected chi connectivity index (χ4v) is 1.93. The third-order valence-corrected chi connectivity index (χ3v) is 3.73. The zero-order chi connectivity index (χ0) is 20.4. The molecule has 0 aliphatic carbocycles. The summed E-state index contributed by atoms with van der Waals surface area (Å²) in [6.07, 6.45) is 0.189. The first-order valence-corrected chi connectivity index (χ1v) is 8.13. The van der Waals surface area contributed by atoms with Gasteiger partial charge in [-0.05, 0) is 12.8 Å². The minimum Gasteiger partial charge on any atom is -0.480 e. The van der Waals surface area contributed by atoms with Crippen LogP contribution in [0.25, 0.3) is 0 Å². The highest BCUT2D eigenvalue weighted by atomic mass is 16.4. The monoisotopic (exact) mass is 373 g/mol. The van der Waals surface area contributed by atoms with Crippen LogP contribution in [0.2, 0.25) is 0 Å². The van der Waals surface area contributed by atoms with E-state index in [1.54, 1.807) is 13.8 Å². The van der Waals surface area contributed by atoms with E-state index in [4.69, 9.17) is 16.6 Å². The summed E-state index contributed by atoms with van der Waals surface area (Å²) in [6, 6.07) is -3.25. The van der Waals surface area contributed by atoms with Crippen LogP contribution in [-0.4, -0.2) is 59.4 Å². The van der Waals surface area contributed by atoms with E-state index in [9.17, 15) is 24.0 Å². The molecule has 0 aromatic heterocycles. The molecule has 0 bridgehead atoms. The SMILES string of the molecule is CCC(C)C(NC(=O)C(C)NC(=O)CNC(=O)C(N)CC(N)=O)C(=O)O. The number of nitrogens with two attached hydrogens (primary N) is 2. The van der Waals surface area contributed by atoms with Crippen molar-refractivity contribution in [3.63, 3.8) is 0 Å². The van der Waals surface area contributed by atoms with Crippen molar-refractivity contribution >= 4 is 29.6 Å². The second-order valence-electron chi connectivity index (χ2n) is 5.99. The van der Waals surface area contributed by atoms with Crippen LogP contribution in [0, 0.1) is 5.92 Å². The first kappa shape index (κ1) is 23.3. The van der Waals surface area contributed by atoms with Crippen molar-refractivity contribution in [3.05, 3.63) is 0 Å². The van der Waals surface area contributed by atoms with Gasteiger partial charge in [0.1, 0.15) is 12.1 Å². The molecule has 4 amide bonds. The highest BCUT2D eigenvalue weighted by Crippen LogP contribution is 2.08. The first-order chi connectivity index (χ1) is 12.0. The molecule has 0 saturated heterocycles. The molecule has 0 saturated carbocycles. The average Bonchev–Trinajstić information content (AvgIpc) is 2.55. The van der Waals surface area contributed by atoms with Gasteiger partial charge in [-0.25, -0.2) is 4.79 Å². The van der Waals surface area contributed by atoms with Gasteiger partial charge >= 0.3 is 5.97 Å². The predicted octanol–water partition coefficient (Wildman–Crippen LogP) is -2.57. The zero-order valence-electron chi connectivity index (χ0n) is 15.1. The van der Waals surface area contributed by atoms with E-state index in [0.717, 1.165) is 0 Å². The van der Waals surface area contributed by atoms with Crippen LogP contribution in [0.5, 0.6) is 0 Å². The van der Waals surface area contributed by atoms with Gasteiger partial charge in [0.2, 0.25) is 23.6 Å². The van der Waals surface area contributed by atoms with Gasteiger partial charge in [0.05, 0.1) is 19.0 Å². The van der Waals surface area contributed by atoms with Gasteiger partial charge in [-0.1, -0.05) is 20.3 Å². The number of rotatable bonds is 11. The molecule has 26 heavy (non-hydrogen) atoms. The Hall–Kier alpha value is -2.69. The second-order valence-corrected chi connectivity index (χ2v) is 5.99. The molecule has 4 atom stereocenters. The Morgan fingerprint density at radius 1 is 1.04 bits per heavy atom. The molecule has 0 rings (SSSR count). The van der Waals surface area contributed by atoms with E-state index in [1.807, 2.05) is 0 Å². The summed E-state index contributed by atoms with van der Waals surface area (Å²) in [5, 5.41) is 16.1. The van der Waals surface area contributed by atoms with E-state index in [2.05, 4.69) is 16.0 Å². The normalized spacial score (nSPS) is 15.1. The molecule has 4 unspecified atom stereocenters. The Bertz CT molecular complexity index is 553. The number of hydrogen-bond acceptors (Lipinski definition) is 6. The zero-order valence-corrected chi connectivity index (χ0v) is 15.1. The molecule has 0 aromatic rings. The summed E-state index contributed by atoms with van der Waals surface area (Å²) in [6.45, 7) is 4.40. The standard InChI is InChI=1S/C15H27N5O6/c1-4-7(2)12(15(25)26)20-13(23)8(3)19-11(22)6-18-14(24)9(16)5-10(17)21/h7-9,12H,4-6,16H2,1-3H3,(H2,17,21)(H,18,24)(H,19,22)(H,20,23)(H,25,26). The van der Waals surface area contributed by atoms with Crippen LogP contribution < -0.4 is 27.4 Å². The molecule has 8 N–H and O–H groups in total. The number of aliphatic carboxylic acids is 1. The van der Waals surface area contributed by atoms with Crippen molar-refractivity contribution in [2.75, 3.05) is 6.54 Å². The third-order valence-electron chi connectivity index (χ3n) is 3.73. The second kappa shape index (κ2) is 11.0. The van der Waals surface area contributed by atoms with Crippen molar-refractivity contribution in [1.29, 1.82) is 0 Å². The van der Waals surface area contributed by atoms with Crippen molar-refractivity contribution < 1.29 is 29.1 Å². The maximum atomic E-state index is 12.0. The Kier molecular flexibility index (Phi) is 9.89. The van der Waals surface area contributed by atoms with Gasteiger partial charge in [-0.2, -0.15) is 0 Å². The lowest BCUT2D eigenvalue weighted by molar-refractivity contribution is -0.143. The highest BCUT2D eigenvalue weighted by molar-refractivity contribution is 5.93. The summed E-state index contributed by atoms with van der Waals surface area (Å²) in [7, 11) is 0. The van der Waals surface area contributed by atoms with Gasteiger partial charge in [0, 0.05) is 0 Å². The predicted molar refractivity (Wildman–Crippen MR) is 91.4 cm³/mol. The van der Waals surface area contributed by atoms with Crippen molar-refractivity contribution in [1.82, 2.24) is 16.0 Å². The van der Waals surface area contributed by atoms with Gasteiger partial charge in [0.25, 0.3) is 0 Å². The quantitative estimate of drug-likeness (QED) is 0.229. The number of nitrogens with one attached hydrogen (secondary N) is 3. The fraction of sp³-hybridized carbons (Fsp3) is 0.667. The molecule has 0 aromatic carbocycles. The Morgan fingerprint density at radius 3 is 2.08 bits per heavy atom. The summed E-state index contributed by atoms with van der Waals surface area (Å²) in [4.78, 5) is 57.2. The maximum Gasteiger partial charge on any atom is 0.326 e. The molecule has 11 heteroatoms. The van der Waals surface area contributed by atoms with Gasteiger partial charge in [-0.3, -0.25) is 19.2 Å². The molecule has 0 heterocycles. The maximum absolute atomic E-state index is 12.0. The Morgan fingerprint density at radius 2 is 1.62 bits per heavy atom. The molecular formula is C15H27N5O6. The largest absolute Gasteiger partial charge is 0.480 e. The summed E-state index contributed by atoms with van der Waals surface area (Å²) < 4.78 is 0. The van der Waals surface area contributed by atoms with E-state index < -0.39 is 54.3 Å². The Labute approximate surface area is 151 Å². The van der Waals surface area contributed by atoms with Crippen LogP contribution in [-0.2, 0) is 24.0 Å². The number of amides is 4. The summed E-state index contributed by atoms with van der Waals surface area (Å²) in [5.74, 6) is -4.28. The highest BCUT2D eigenvalue weighted by Gasteiger charge is 2.27. The molecule has 11 nitrogen and oxygen atoms in total. The molecule has 0 fully saturated rings. The number of carboxylic acid groups (broad SMARTS) is 1. The van der Waals surface area contributed by atoms with Crippen LogP contribution in [0.1, 0.15) is 33.6 Å². The number of primary amides is 1. The van der Waals surface area contributed by atoms with Crippen LogP contribution in [0.15, 0.2) is 0 Å². The smallest absolute Gasteiger partial charge is 0.326 e. The van der Waals surface area contributed by atoms with Crippen LogP contribution in [0.3, 0.4) is 0 Å². The molecular weight excluding hydrogens is 346 g/mol. The van der Waals surface area contributed by atoms with Gasteiger partial charge < -0.3 is 32.5 Å². The van der Waals surface area contributed by atoms with E-state index in [-0.39, 0.29) is 12.3 Å². The lowest BCUT2D eigenvalue weighted by Crippen LogP contribution is -2.54. The van der Waals surface area contributed by atoms with E-state index in [1.165, 1.54) is 6.92 Å². The Balaban J connectivity index is 4.48. The molecule has 148 valence electrons. The number of carbonyl (C=O) groups excluding carboxylic acids is 4. The number of carboxylic acids is 1. The lowest BCUT2D eigenvalue weighted by Gasteiger charge is -2.22. The van der Waals surface area contributed by atoms with E-state index >= 15 is 0 Å². The van der Waals surface area contributed by atoms with Crippen LogP contribution in [0.4, 0.5) is 0 Å². The van der Waals surface area contributed by atoms with Crippen molar-refractivity contribution in [2.45, 2.75) is 51.7 Å². The summed E-state index contributed by atoms with van der Waals surface area (Å²) in [5.41, 5.74) is 10.3. The van der Waals surface area contributed by atoms with Crippen molar-refractivity contribution in [3.8, 4) is 0 Å². The topological polar surface area (TPSA) is 194 Å². The molecule has 0 aliphatic heterocycles.